The van der Waals surface area contributed by atoms with Crippen LogP contribution in [0, 0.1) is 0 Å². The highest BCUT2D eigenvalue weighted by Gasteiger charge is 2.19. The Labute approximate surface area is 158 Å². The van der Waals surface area contributed by atoms with Crippen LogP contribution in [-0.2, 0) is 4.74 Å². The Bertz CT molecular complexity index is 269. The molecule has 0 bridgehead atoms. The van der Waals surface area contributed by atoms with Crippen LogP contribution in [0.5, 0.6) is 0 Å². The van der Waals surface area contributed by atoms with Crippen molar-refractivity contribution in [3.8, 4) is 0 Å². The maximum absolute atomic E-state index is 9.86. The highest BCUT2D eigenvalue weighted by molar-refractivity contribution is 4.53. The third-order valence-corrected chi connectivity index (χ3v) is 5.18. The standard InChI is InChI=1S/C22H48NO2/c1-5-6-7-8-9-10-11-12-13-14-15-16-17-18-19-23(2,3)20-22(24)21-25-4/h22,24H,5-21H2,1-4H3/q+1. The largest absolute Gasteiger partial charge is 0.385 e. The molecule has 0 aliphatic heterocycles. The summed E-state index contributed by atoms with van der Waals surface area (Å²) in [6, 6.07) is 0. The summed E-state index contributed by atoms with van der Waals surface area (Å²) in [6.45, 7) is 4.67. The minimum Gasteiger partial charge on any atom is -0.385 e. The van der Waals surface area contributed by atoms with Gasteiger partial charge in [0, 0.05) is 7.11 Å². The molecule has 152 valence electrons. The van der Waals surface area contributed by atoms with Crippen LogP contribution in [0.15, 0.2) is 0 Å². The molecule has 0 saturated carbocycles. The Kier molecular flexibility index (Phi) is 17.2. The number of rotatable bonds is 19. The predicted octanol–water partition coefficient (Wildman–Crippen LogP) is 5.55. The molecule has 3 heteroatoms. The van der Waals surface area contributed by atoms with Gasteiger partial charge < -0.3 is 14.3 Å². The van der Waals surface area contributed by atoms with Crippen LogP contribution >= 0.6 is 0 Å². The molecule has 0 aliphatic carbocycles. The minimum absolute atomic E-state index is 0.341. The number of aliphatic hydroxyl groups is 1. The van der Waals surface area contributed by atoms with Crippen molar-refractivity contribution in [1.29, 1.82) is 0 Å². The number of aliphatic hydroxyl groups excluding tert-OH is 1. The first-order chi connectivity index (χ1) is 12.0. The molecule has 3 nitrogen and oxygen atoms in total. The summed E-state index contributed by atoms with van der Waals surface area (Å²) in [4.78, 5) is 0. The van der Waals surface area contributed by atoms with Gasteiger partial charge in [0.2, 0.25) is 0 Å². The molecule has 0 aliphatic rings. The third kappa shape index (κ3) is 18.5. The van der Waals surface area contributed by atoms with E-state index < -0.39 is 0 Å². The molecule has 0 saturated heterocycles. The second-order valence-corrected chi connectivity index (χ2v) is 8.55. The first-order valence-corrected chi connectivity index (χ1v) is 11.0. The Morgan fingerprint density at radius 2 is 1.12 bits per heavy atom. The molecule has 0 amide bonds. The van der Waals surface area contributed by atoms with Gasteiger partial charge in [0.05, 0.1) is 27.2 Å². The van der Waals surface area contributed by atoms with Crippen molar-refractivity contribution in [2.75, 3.05) is 40.9 Å². The lowest BCUT2D eigenvalue weighted by Gasteiger charge is -2.31. The molecular weight excluding hydrogens is 310 g/mol. The second kappa shape index (κ2) is 17.3. The van der Waals surface area contributed by atoms with Crippen LogP contribution in [0.1, 0.15) is 96.8 Å². The van der Waals surface area contributed by atoms with Gasteiger partial charge in [-0.15, -0.1) is 0 Å². The number of nitrogens with zero attached hydrogens (tertiary/aromatic N) is 1. The zero-order valence-electron chi connectivity index (χ0n) is 17.9. The fraction of sp³-hybridized carbons (Fsp3) is 1.00. The number of ether oxygens (including phenoxy) is 1. The average molecular weight is 359 g/mol. The number of hydrogen-bond donors (Lipinski definition) is 1. The molecular formula is C22H48NO2+. The van der Waals surface area contributed by atoms with Gasteiger partial charge in [-0.05, 0) is 12.8 Å². The van der Waals surface area contributed by atoms with Gasteiger partial charge in [-0.25, -0.2) is 0 Å². The Hall–Kier alpha value is -0.120. The summed E-state index contributed by atoms with van der Waals surface area (Å²) in [5.41, 5.74) is 0. The van der Waals surface area contributed by atoms with Gasteiger partial charge in [-0.3, -0.25) is 0 Å². The van der Waals surface area contributed by atoms with Crippen molar-refractivity contribution in [2.24, 2.45) is 0 Å². The van der Waals surface area contributed by atoms with Crippen LogP contribution in [0.4, 0.5) is 0 Å². The maximum atomic E-state index is 9.86. The lowest BCUT2D eigenvalue weighted by Crippen LogP contribution is -2.47. The number of hydrogen-bond acceptors (Lipinski definition) is 2. The highest BCUT2D eigenvalue weighted by atomic mass is 16.5. The Morgan fingerprint density at radius 1 is 0.720 bits per heavy atom. The zero-order chi connectivity index (χ0) is 18.8. The van der Waals surface area contributed by atoms with Crippen LogP contribution in [0.25, 0.3) is 0 Å². The van der Waals surface area contributed by atoms with Crippen molar-refractivity contribution < 1.29 is 14.3 Å². The molecule has 0 radical (unpaired) electrons. The monoisotopic (exact) mass is 358 g/mol. The smallest absolute Gasteiger partial charge is 0.126 e. The average Bonchev–Trinajstić information content (AvgIpc) is 2.54. The highest BCUT2D eigenvalue weighted by Crippen LogP contribution is 2.13. The summed E-state index contributed by atoms with van der Waals surface area (Å²) < 4.78 is 5.91. The molecule has 25 heavy (non-hydrogen) atoms. The molecule has 0 heterocycles. The van der Waals surface area contributed by atoms with Crippen LogP contribution in [0.2, 0.25) is 0 Å². The fourth-order valence-corrected chi connectivity index (χ4v) is 3.64. The molecule has 0 rings (SSSR count). The summed E-state index contributed by atoms with van der Waals surface area (Å²) >= 11 is 0. The van der Waals surface area contributed by atoms with Gasteiger partial charge in [0.25, 0.3) is 0 Å². The number of quaternary nitrogens is 1. The van der Waals surface area contributed by atoms with Gasteiger partial charge in [-0.2, -0.15) is 0 Å². The normalized spacial score (nSPS) is 13.3. The van der Waals surface area contributed by atoms with E-state index in [1.807, 2.05) is 0 Å². The summed E-state index contributed by atoms with van der Waals surface area (Å²) in [5.74, 6) is 0. The zero-order valence-corrected chi connectivity index (χ0v) is 17.9. The maximum Gasteiger partial charge on any atom is 0.126 e. The van der Waals surface area contributed by atoms with E-state index >= 15 is 0 Å². The molecule has 1 N–H and O–H groups in total. The molecule has 1 atom stereocenters. The molecule has 0 fully saturated rings. The van der Waals surface area contributed by atoms with E-state index in [0.29, 0.717) is 6.61 Å². The third-order valence-electron chi connectivity index (χ3n) is 5.18. The van der Waals surface area contributed by atoms with Crippen molar-refractivity contribution >= 4 is 0 Å². The van der Waals surface area contributed by atoms with E-state index in [0.717, 1.165) is 17.6 Å². The van der Waals surface area contributed by atoms with Crippen LogP contribution in [0.3, 0.4) is 0 Å². The van der Waals surface area contributed by atoms with E-state index in [2.05, 4.69) is 21.0 Å². The van der Waals surface area contributed by atoms with Crippen molar-refractivity contribution in [2.45, 2.75) is 103 Å². The van der Waals surface area contributed by atoms with E-state index in [1.165, 1.54) is 89.9 Å². The lowest BCUT2D eigenvalue weighted by atomic mass is 10.0. The number of unbranched alkanes of at least 4 members (excludes halogenated alkanes) is 13. The topological polar surface area (TPSA) is 29.5 Å². The summed E-state index contributed by atoms with van der Waals surface area (Å²) in [5, 5.41) is 9.86. The fourth-order valence-electron chi connectivity index (χ4n) is 3.64. The summed E-state index contributed by atoms with van der Waals surface area (Å²) in [7, 11) is 6.07. The predicted molar refractivity (Wildman–Crippen MR) is 110 cm³/mol. The quantitative estimate of drug-likeness (QED) is 0.242. The van der Waals surface area contributed by atoms with E-state index in [9.17, 15) is 5.11 Å². The first kappa shape index (κ1) is 24.9. The molecule has 0 aromatic heterocycles. The summed E-state index contributed by atoms with van der Waals surface area (Å²) in [6.07, 6.45) is 19.3. The van der Waals surface area contributed by atoms with Crippen LogP contribution in [-0.4, -0.2) is 56.6 Å². The number of likely N-dealkylation sites (N-methyl/N-ethyl adjacent to an activating group) is 1. The molecule has 0 aromatic rings. The Balaban J connectivity index is 3.30. The van der Waals surface area contributed by atoms with Crippen molar-refractivity contribution in [3.05, 3.63) is 0 Å². The van der Waals surface area contributed by atoms with Gasteiger partial charge in [0.1, 0.15) is 12.6 Å². The van der Waals surface area contributed by atoms with Crippen molar-refractivity contribution in [3.63, 3.8) is 0 Å². The second-order valence-electron chi connectivity index (χ2n) is 8.55. The van der Waals surface area contributed by atoms with Gasteiger partial charge in [0.15, 0.2) is 0 Å². The number of methoxy groups -OCH3 is 1. The van der Waals surface area contributed by atoms with Gasteiger partial charge in [-0.1, -0.05) is 84.0 Å². The van der Waals surface area contributed by atoms with E-state index in [1.54, 1.807) is 7.11 Å². The lowest BCUT2D eigenvalue weighted by molar-refractivity contribution is -0.893. The Morgan fingerprint density at radius 3 is 1.52 bits per heavy atom. The van der Waals surface area contributed by atoms with E-state index in [4.69, 9.17) is 4.74 Å². The van der Waals surface area contributed by atoms with Gasteiger partial charge >= 0.3 is 0 Å². The SMILES string of the molecule is CCCCCCCCCCCCCCCC[N+](C)(C)CC(O)COC. The molecule has 1 unspecified atom stereocenters. The van der Waals surface area contributed by atoms with E-state index in [-0.39, 0.29) is 6.10 Å². The van der Waals surface area contributed by atoms with Crippen molar-refractivity contribution in [1.82, 2.24) is 0 Å². The van der Waals surface area contributed by atoms with Crippen LogP contribution < -0.4 is 0 Å². The first-order valence-electron chi connectivity index (χ1n) is 11.0. The minimum atomic E-state index is -0.341. The molecule has 0 aromatic carbocycles. The molecule has 0 spiro atoms.